The monoisotopic (exact) mass is 384 g/mol. The predicted octanol–water partition coefficient (Wildman–Crippen LogP) is 4.23. The smallest absolute Gasteiger partial charge is 0.248 e. The summed E-state index contributed by atoms with van der Waals surface area (Å²) in [5.41, 5.74) is 2.33. The second-order valence-electron chi connectivity index (χ2n) is 5.51. The lowest BCUT2D eigenvalue weighted by Crippen LogP contribution is -2.25. The zero-order valence-corrected chi connectivity index (χ0v) is 14.6. The van der Waals surface area contributed by atoms with Crippen molar-refractivity contribution in [3.8, 4) is 0 Å². The van der Waals surface area contributed by atoms with Gasteiger partial charge in [-0.2, -0.15) is 0 Å². The summed E-state index contributed by atoms with van der Waals surface area (Å²) in [5.74, 6) is -0.134. The molecule has 1 fully saturated rings. The number of carbonyl (C=O) groups excluding carboxylic acids is 2. The minimum absolute atomic E-state index is 0.0976. The summed E-state index contributed by atoms with van der Waals surface area (Å²) in [6.45, 7) is 0.693. The Bertz CT molecular complexity index is 801. The Morgan fingerprint density at radius 1 is 1.12 bits per heavy atom. The van der Waals surface area contributed by atoms with Crippen molar-refractivity contribution in [2.24, 2.45) is 0 Å². The number of amides is 2. The lowest BCUT2D eigenvalue weighted by molar-refractivity contribution is -0.117. The van der Waals surface area contributed by atoms with Crippen molar-refractivity contribution in [1.82, 2.24) is 0 Å². The van der Waals surface area contributed by atoms with E-state index < -0.39 is 0 Å². The summed E-state index contributed by atoms with van der Waals surface area (Å²) in [6.07, 6.45) is 4.65. The van der Waals surface area contributed by atoms with E-state index >= 15 is 0 Å². The SMILES string of the molecule is O=C(/C=C/c1ccccc1Br)Nc1ccccc1N1CCCC1=O. The van der Waals surface area contributed by atoms with Crippen LogP contribution in [0.25, 0.3) is 6.08 Å². The summed E-state index contributed by atoms with van der Waals surface area (Å²) >= 11 is 3.45. The van der Waals surface area contributed by atoms with E-state index in [9.17, 15) is 9.59 Å². The number of hydrogen-bond acceptors (Lipinski definition) is 2. The Morgan fingerprint density at radius 2 is 1.88 bits per heavy atom. The topological polar surface area (TPSA) is 49.4 Å². The van der Waals surface area contributed by atoms with Gasteiger partial charge in [0.2, 0.25) is 11.8 Å². The number of nitrogens with zero attached hydrogens (tertiary/aromatic N) is 1. The van der Waals surface area contributed by atoms with E-state index in [-0.39, 0.29) is 11.8 Å². The zero-order valence-electron chi connectivity index (χ0n) is 13.0. The Morgan fingerprint density at radius 3 is 2.62 bits per heavy atom. The first kappa shape index (κ1) is 16.5. The molecule has 24 heavy (non-hydrogen) atoms. The van der Waals surface area contributed by atoms with Gasteiger partial charge in [-0.25, -0.2) is 0 Å². The fraction of sp³-hybridized carbons (Fsp3) is 0.158. The molecule has 0 saturated carbocycles. The second kappa shape index (κ2) is 7.45. The summed E-state index contributed by atoms with van der Waals surface area (Å²) < 4.78 is 0.928. The molecule has 3 rings (SSSR count). The first-order valence-corrected chi connectivity index (χ1v) is 8.57. The highest BCUT2D eigenvalue weighted by Crippen LogP contribution is 2.29. The lowest BCUT2D eigenvalue weighted by Gasteiger charge is -2.19. The Labute approximate surface area is 149 Å². The minimum atomic E-state index is -0.232. The van der Waals surface area contributed by atoms with Gasteiger partial charge >= 0.3 is 0 Å². The molecule has 122 valence electrons. The van der Waals surface area contributed by atoms with Crippen LogP contribution < -0.4 is 10.2 Å². The van der Waals surface area contributed by atoms with Gasteiger partial charge in [0, 0.05) is 23.5 Å². The van der Waals surface area contributed by atoms with Gasteiger partial charge in [0.1, 0.15) is 0 Å². The third-order valence-electron chi connectivity index (χ3n) is 3.85. The first-order valence-electron chi connectivity index (χ1n) is 7.78. The maximum atomic E-state index is 12.2. The van der Waals surface area contributed by atoms with E-state index in [1.165, 1.54) is 6.08 Å². The predicted molar refractivity (Wildman–Crippen MR) is 99.8 cm³/mol. The maximum Gasteiger partial charge on any atom is 0.248 e. The Hall–Kier alpha value is -2.40. The van der Waals surface area contributed by atoms with Crippen molar-refractivity contribution < 1.29 is 9.59 Å². The van der Waals surface area contributed by atoms with Crippen LogP contribution in [0.1, 0.15) is 18.4 Å². The van der Waals surface area contributed by atoms with Gasteiger partial charge in [-0.05, 0) is 36.3 Å². The number of anilines is 2. The van der Waals surface area contributed by atoms with Crippen LogP contribution in [0.3, 0.4) is 0 Å². The Balaban J connectivity index is 1.75. The molecule has 0 spiro atoms. The fourth-order valence-corrected chi connectivity index (χ4v) is 3.08. The summed E-state index contributed by atoms with van der Waals surface area (Å²) in [6, 6.07) is 15.1. The molecule has 4 nitrogen and oxygen atoms in total. The first-order chi connectivity index (χ1) is 11.6. The normalized spacial score (nSPS) is 14.4. The molecule has 5 heteroatoms. The van der Waals surface area contributed by atoms with Crippen LogP contribution in [0.2, 0.25) is 0 Å². The summed E-state index contributed by atoms with van der Waals surface area (Å²) in [4.78, 5) is 25.9. The number of para-hydroxylation sites is 2. The molecule has 1 saturated heterocycles. The number of nitrogens with one attached hydrogen (secondary N) is 1. The van der Waals surface area contributed by atoms with Gasteiger partial charge in [-0.15, -0.1) is 0 Å². The van der Waals surface area contributed by atoms with Gasteiger partial charge in [-0.3, -0.25) is 9.59 Å². The molecule has 0 unspecified atom stereocenters. The third kappa shape index (κ3) is 3.74. The van der Waals surface area contributed by atoms with E-state index in [0.717, 1.165) is 22.1 Å². The van der Waals surface area contributed by atoms with Crippen molar-refractivity contribution in [2.75, 3.05) is 16.8 Å². The number of benzene rings is 2. The van der Waals surface area contributed by atoms with Crippen LogP contribution in [-0.4, -0.2) is 18.4 Å². The average Bonchev–Trinajstić information content (AvgIpc) is 3.00. The van der Waals surface area contributed by atoms with Crippen molar-refractivity contribution >= 4 is 45.2 Å². The lowest BCUT2D eigenvalue weighted by atomic mass is 10.2. The van der Waals surface area contributed by atoms with Gasteiger partial charge < -0.3 is 10.2 Å². The van der Waals surface area contributed by atoms with Crippen molar-refractivity contribution in [2.45, 2.75) is 12.8 Å². The highest BCUT2D eigenvalue weighted by Gasteiger charge is 2.23. The molecule has 2 aromatic carbocycles. The standard InChI is InChI=1S/C19H17BrN2O2/c20-15-7-2-1-6-14(15)11-12-18(23)21-16-8-3-4-9-17(16)22-13-5-10-19(22)24/h1-4,6-9,11-12H,5,10,13H2,(H,21,23)/b12-11+. The average molecular weight is 385 g/mol. The molecule has 1 heterocycles. The maximum absolute atomic E-state index is 12.2. The zero-order chi connectivity index (χ0) is 16.9. The highest BCUT2D eigenvalue weighted by molar-refractivity contribution is 9.10. The van der Waals surface area contributed by atoms with Gasteiger partial charge in [0.15, 0.2) is 0 Å². The van der Waals surface area contributed by atoms with E-state index in [0.29, 0.717) is 18.7 Å². The highest BCUT2D eigenvalue weighted by atomic mass is 79.9. The molecule has 0 radical (unpaired) electrons. The molecular weight excluding hydrogens is 368 g/mol. The molecule has 2 amide bonds. The number of hydrogen-bond donors (Lipinski definition) is 1. The number of halogens is 1. The summed E-state index contributed by atoms with van der Waals surface area (Å²) in [5, 5.41) is 2.86. The number of carbonyl (C=O) groups is 2. The van der Waals surface area contributed by atoms with Crippen LogP contribution in [0.5, 0.6) is 0 Å². The third-order valence-corrected chi connectivity index (χ3v) is 4.57. The minimum Gasteiger partial charge on any atom is -0.321 e. The van der Waals surface area contributed by atoms with Gasteiger partial charge in [0.05, 0.1) is 11.4 Å². The van der Waals surface area contributed by atoms with Crippen LogP contribution in [-0.2, 0) is 9.59 Å². The molecule has 1 aliphatic rings. The van der Waals surface area contributed by atoms with E-state index in [4.69, 9.17) is 0 Å². The van der Waals surface area contributed by atoms with Crippen LogP contribution >= 0.6 is 15.9 Å². The quantitative estimate of drug-likeness (QED) is 0.801. The van der Waals surface area contributed by atoms with E-state index in [2.05, 4.69) is 21.2 Å². The molecular formula is C19H17BrN2O2. The molecule has 0 atom stereocenters. The van der Waals surface area contributed by atoms with Crippen LogP contribution in [0, 0.1) is 0 Å². The second-order valence-corrected chi connectivity index (χ2v) is 6.36. The molecule has 0 aromatic heterocycles. The van der Waals surface area contributed by atoms with Crippen LogP contribution in [0.4, 0.5) is 11.4 Å². The molecule has 1 N–H and O–H groups in total. The van der Waals surface area contributed by atoms with Crippen molar-refractivity contribution in [3.05, 3.63) is 64.6 Å². The molecule has 0 bridgehead atoms. The van der Waals surface area contributed by atoms with E-state index in [1.807, 2.05) is 48.5 Å². The van der Waals surface area contributed by atoms with Crippen LogP contribution in [0.15, 0.2) is 59.1 Å². The molecule has 1 aliphatic heterocycles. The molecule has 2 aromatic rings. The van der Waals surface area contributed by atoms with Gasteiger partial charge in [0.25, 0.3) is 0 Å². The number of rotatable bonds is 4. The van der Waals surface area contributed by atoms with Crippen molar-refractivity contribution in [3.63, 3.8) is 0 Å². The molecule has 0 aliphatic carbocycles. The fourth-order valence-electron chi connectivity index (χ4n) is 2.67. The Kier molecular flexibility index (Phi) is 5.11. The van der Waals surface area contributed by atoms with E-state index in [1.54, 1.807) is 11.0 Å². The summed E-state index contributed by atoms with van der Waals surface area (Å²) in [7, 11) is 0. The largest absolute Gasteiger partial charge is 0.321 e. The van der Waals surface area contributed by atoms with Gasteiger partial charge in [-0.1, -0.05) is 46.3 Å². The van der Waals surface area contributed by atoms with Crippen molar-refractivity contribution in [1.29, 1.82) is 0 Å².